The molecule has 0 saturated carbocycles. The second kappa shape index (κ2) is 11.9. The summed E-state index contributed by atoms with van der Waals surface area (Å²) >= 11 is 4.77. The zero-order valence-corrected chi connectivity index (χ0v) is 26.6. The van der Waals surface area contributed by atoms with Gasteiger partial charge in [0.25, 0.3) is 9.28 Å². The van der Waals surface area contributed by atoms with Gasteiger partial charge >= 0.3 is 14.5 Å². The third-order valence-electron chi connectivity index (χ3n) is 3.87. The highest BCUT2D eigenvalue weighted by molar-refractivity contribution is 8.34. The minimum absolute atomic E-state index is 0.336. The molecule has 4 atom stereocenters. The third kappa shape index (κ3) is 11.6. The van der Waals surface area contributed by atoms with Crippen LogP contribution in [0.5, 0.6) is 5.75 Å². The molecule has 176 valence electrons. The molecule has 0 aliphatic heterocycles. The van der Waals surface area contributed by atoms with Gasteiger partial charge in [-0.2, -0.15) is 0 Å². The van der Waals surface area contributed by atoms with Crippen LogP contribution in [0.1, 0.15) is 6.92 Å². The van der Waals surface area contributed by atoms with Crippen LogP contribution in [0.3, 0.4) is 0 Å². The lowest BCUT2D eigenvalue weighted by Gasteiger charge is -2.38. The minimum atomic E-state index is -2.65. The second-order valence-corrected chi connectivity index (χ2v) is 28.5. The van der Waals surface area contributed by atoms with Crippen molar-refractivity contribution in [3.05, 3.63) is 24.3 Å². The lowest BCUT2D eigenvalue weighted by atomic mass is 10.2. The van der Waals surface area contributed by atoms with E-state index in [1.165, 1.54) is 0 Å². The Morgan fingerprint density at radius 1 is 1.06 bits per heavy atom. The van der Waals surface area contributed by atoms with E-state index in [1.807, 2.05) is 20.0 Å². The van der Waals surface area contributed by atoms with Gasteiger partial charge in [0, 0.05) is 11.3 Å². The maximum absolute atomic E-state index is 12.8. The van der Waals surface area contributed by atoms with Crippen LogP contribution in [0.4, 0.5) is 0 Å². The topological polar surface area (TPSA) is 71.1 Å². The van der Waals surface area contributed by atoms with E-state index in [1.54, 1.807) is 24.3 Å². The van der Waals surface area contributed by atoms with Crippen molar-refractivity contribution in [2.45, 2.75) is 65.3 Å². The van der Waals surface area contributed by atoms with Crippen LogP contribution in [-0.4, -0.2) is 40.4 Å². The summed E-state index contributed by atoms with van der Waals surface area (Å²) in [7, 11) is -7.26. The van der Waals surface area contributed by atoms with Crippen molar-refractivity contribution in [1.82, 2.24) is 0 Å². The zero-order valence-electron chi connectivity index (χ0n) is 19.9. The van der Waals surface area contributed by atoms with E-state index >= 15 is 0 Å². The summed E-state index contributed by atoms with van der Waals surface area (Å²) in [5, 5.41) is 0.626. The summed E-state index contributed by atoms with van der Waals surface area (Å²) < 4.78 is 36.5. The maximum atomic E-state index is 12.8. The first-order chi connectivity index (χ1) is 14.0. The zero-order chi connectivity index (χ0) is 24.0. The van der Waals surface area contributed by atoms with Crippen LogP contribution in [0.15, 0.2) is 24.3 Å². The number of carbonyl (C=O) groups excluding carboxylic acids is 1. The fraction of sp³-hybridized carbons (Fsp3) is 0.611. The fourth-order valence-corrected chi connectivity index (χ4v) is 20.3. The summed E-state index contributed by atoms with van der Waals surface area (Å²) in [5.74, 6) is -0.309. The molecule has 0 heterocycles. The molecule has 6 nitrogen and oxygen atoms in total. The van der Waals surface area contributed by atoms with Crippen molar-refractivity contribution in [3.8, 4) is 5.75 Å². The average Bonchev–Trinajstić information content (AvgIpc) is 2.57. The summed E-state index contributed by atoms with van der Waals surface area (Å²) in [4.78, 5) is 12.8. The second-order valence-electron chi connectivity index (χ2n) is 9.62. The predicted molar refractivity (Wildman–Crippen MR) is 143 cm³/mol. The Kier molecular flexibility index (Phi) is 11.1. The number of esters is 1. The summed E-state index contributed by atoms with van der Waals surface area (Å²) in [6, 6.07) is 7.12. The van der Waals surface area contributed by atoms with Gasteiger partial charge < -0.3 is 17.1 Å². The number of hydrogen-bond donors (Lipinski definition) is 0. The van der Waals surface area contributed by atoms with E-state index in [0.29, 0.717) is 17.1 Å². The first-order valence-electron chi connectivity index (χ1n) is 10.2. The first kappa shape index (κ1) is 29.0. The monoisotopic (exact) mass is 554 g/mol. The van der Waals surface area contributed by atoms with Crippen LogP contribution in [0.2, 0.25) is 58.4 Å². The summed E-state index contributed by atoms with van der Waals surface area (Å²) in [6.45, 7) is 17.1. The Balaban J connectivity index is 2.91. The van der Waals surface area contributed by atoms with Crippen LogP contribution in [0.25, 0.3) is 0 Å². The fourth-order valence-electron chi connectivity index (χ4n) is 3.17. The van der Waals surface area contributed by atoms with Crippen molar-refractivity contribution in [1.29, 1.82) is 0 Å². The highest BCUT2D eigenvalue weighted by atomic mass is 32.9. The Hall–Kier alpha value is -0.0225. The molecule has 31 heavy (non-hydrogen) atoms. The van der Waals surface area contributed by atoms with Gasteiger partial charge in [-0.3, -0.25) is 9.36 Å². The molecule has 0 aromatic heterocycles. The number of rotatable bonds is 11. The standard InChI is InChI=1S/C18H35O6PS2Si4/c1-15(18(19)21-16-10-12-17(13-11-16)25(20)27-26)14-31(9,24-30(6,7)8)23-28(2)22-29(3,4)5/h10-13,15,28H,14H2,1-9H3. The molecule has 1 aromatic rings. The molecule has 0 saturated heterocycles. The Labute approximate surface area is 200 Å². The number of benzene rings is 1. The molecule has 4 unspecified atom stereocenters. The van der Waals surface area contributed by atoms with Crippen LogP contribution in [0, 0.1) is 5.92 Å². The Bertz CT molecular complexity index is 861. The van der Waals surface area contributed by atoms with Crippen molar-refractivity contribution < 1.29 is 26.4 Å². The molecule has 0 N–H and O–H groups in total. The predicted octanol–water partition coefficient (Wildman–Crippen LogP) is 4.78. The largest absolute Gasteiger partial charge is 0.439 e. The van der Waals surface area contributed by atoms with Gasteiger partial charge in [-0.15, -0.1) is 0 Å². The van der Waals surface area contributed by atoms with Crippen LogP contribution >= 0.6 is 6.58 Å². The van der Waals surface area contributed by atoms with E-state index in [4.69, 9.17) is 28.3 Å². The molecule has 13 heteroatoms. The maximum Gasteiger partial charge on any atom is 0.316 e. The molecule has 0 bridgehead atoms. The van der Waals surface area contributed by atoms with Crippen LogP contribution < -0.4 is 10.0 Å². The molecule has 1 aromatic carbocycles. The van der Waals surface area contributed by atoms with Gasteiger partial charge in [-0.05, 0) is 97.3 Å². The van der Waals surface area contributed by atoms with E-state index in [-0.39, 0.29) is 11.9 Å². The quantitative estimate of drug-likeness (QED) is 0.169. The highest BCUT2D eigenvalue weighted by Gasteiger charge is 2.42. The lowest BCUT2D eigenvalue weighted by molar-refractivity contribution is -0.137. The molecule has 0 amide bonds. The number of hydrogen-bond acceptors (Lipinski definition) is 7. The smallest absolute Gasteiger partial charge is 0.316 e. The van der Waals surface area contributed by atoms with Gasteiger partial charge in [-0.1, -0.05) is 6.92 Å². The highest BCUT2D eigenvalue weighted by Crippen LogP contribution is 2.27. The van der Waals surface area contributed by atoms with E-state index in [9.17, 15) is 9.36 Å². The molecule has 0 aliphatic rings. The third-order valence-corrected chi connectivity index (χ3v) is 20.0. The number of ether oxygens (including phenoxy) is 1. The minimum Gasteiger partial charge on any atom is -0.439 e. The van der Waals surface area contributed by atoms with Crippen molar-refractivity contribution >= 4 is 73.0 Å². The van der Waals surface area contributed by atoms with Gasteiger partial charge in [0.15, 0.2) is 23.2 Å². The normalized spacial score (nSPS) is 16.7. The molecular weight excluding hydrogens is 520 g/mol. The average molecular weight is 555 g/mol. The van der Waals surface area contributed by atoms with E-state index in [2.05, 4.69) is 39.3 Å². The SMILES string of the molecule is CC(C[Si](C)(O[SiH](C)O[Si](C)(C)C)O[Si](C)(C)C)C(=O)Oc1ccc(P(=O)=S=S)cc1. The van der Waals surface area contributed by atoms with Gasteiger partial charge in [0.1, 0.15) is 5.75 Å². The number of carbonyl (C=O) groups is 1. The molecule has 1 rings (SSSR count). The molecule has 0 aliphatic carbocycles. The van der Waals surface area contributed by atoms with Gasteiger partial charge in [0.05, 0.1) is 5.92 Å². The van der Waals surface area contributed by atoms with E-state index in [0.717, 1.165) is 9.50 Å². The molecule has 0 radical (unpaired) electrons. The van der Waals surface area contributed by atoms with Gasteiger partial charge in [-0.25, -0.2) is 0 Å². The lowest BCUT2D eigenvalue weighted by Crippen LogP contribution is -2.53. The first-order valence-corrected chi connectivity index (χ1v) is 25.2. The van der Waals surface area contributed by atoms with Crippen molar-refractivity contribution in [2.24, 2.45) is 5.92 Å². The molecule has 0 fully saturated rings. The van der Waals surface area contributed by atoms with Crippen LogP contribution in [-0.2, 0) is 42.4 Å². The van der Waals surface area contributed by atoms with Gasteiger partial charge in [0.2, 0.25) is 0 Å². The Morgan fingerprint density at radius 3 is 2.06 bits per heavy atom. The van der Waals surface area contributed by atoms with Crippen molar-refractivity contribution in [3.63, 3.8) is 0 Å². The summed E-state index contributed by atoms with van der Waals surface area (Å²) in [6.07, 6.45) is 0. The van der Waals surface area contributed by atoms with E-state index < -0.39 is 41.1 Å². The summed E-state index contributed by atoms with van der Waals surface area (Å²) in [5.41, 5.74) is 0. The Morgan fingerprint density at radius 2 is 1.61 bits per heavy atom. The van der Waals surface area contributed by atoms with Crippen molar-refractivity contribution in [2.75, 3.05) is 0 Å². The molecule has 0 spiro atoms. The molecular formula is C18H35O6PS2Si4.